The Balaban J connectivity index is 0.00000180. The SMILES string of the molecule is Cc1ccc(OCc2ccccc2)cc1CNN.Cl. The van der Waals surface area contributed by atoms with Gasteiger partial charge in [-0.3, -0.25) is 11.3 Å². The Morgan fingerprint density at radius 3 is 2.53 bits per heavy atom. The van der Waals surface area contributed by atoms with Crippen molar-refractivity contribution < 1.29 is 4.74 Å². The highest BCUT2D eigenvalue weighted by atomic mass is 35.5. The summed E-state index contributed by atoms with van der Waals surface area (Å²) in [6, 6.07) is 16.2. The normalized spacial score (nSPS) is 9.79. The smallest absolute Gasteiger partial charge is 0.120 e. The summed E-state index contributed by atoms with van der Waals surface area (Å²) in [5, 5.41) is 0. The third kappa shape index (κ3) is 4.56. The molecule has 0 radical (unpaired) electrons. The lowest BCUT2D eigenvalue weighted by molar-refractivity contribution is 0.306. The predicted molar refractivity (Wildman–Crippen MR) is 80.2 cm³/mol. The van der Waals surface area contributed by atoms with Gasteiger partial charge in [0.1, 0.15) is 12.4 Å². The lowest BCUT2D eigenvalue weighted by Gasteiger charge is -2.10. The zero-order valence-electron chi connectivity index (χ0n) is 10.9. The fourth-order valence-corrected chi connectivity index (χ4v) is 1.78. The highest BCUT2D eigenvalue weighted by Gasteiger charge is 2.01. The second-order valence-electron chi connectivity index (χ2n) is 4.24. The molecule has 19 heavy (non-hydrogen) atoms. The topological polar surface area (TPSA) is 47.3 Å². The minimum Gasteiger partial charge on any atom is -0.489 e. The van der Waals surface area contributed by atoms with E-state index in [1.165, 1.54) is 5.56 Å². The molecule has 0 aromatic heterocycles. The zero-order chi connectivity index (χ0) is 12.8. The molecular weight excluding hydrogens is 260 g/mol. The van der Waals surface area contributed by atoms with Crippen LogP contribution in [0.4, 0.5) is 0 Å². The van der Waals surface area contributed by atoms with Gasteiger partial charge in [-0.2, -0.15) is 0 Å². The van der Waals surface area contributed by atoms with Crippen molar-refractivity contribution in [1.82, 2.24) is 5.43 Å². The van der Waals surface area contributed by atoms with Crippen molar-refractivity contribution >= 4 is 12.4 Å². The zero-order valence-corrected chi connectivity index (χ0v) is 11.7. The van der Waals surface area contributed by atoms with Crippen LogP contribution in [0.1, 0.15) is 16.7 Å². The lowest BCUT2D eigenvalue weighted by Crippen LogP contribution is -2.21. The van der Waals surface area contributed by atoms with E-state index in [0.29, 0.717) is 13.2 Å². The first-order valence-corrected chi connectivity index (χ1v) is 5.99. The van der Waals surface area contributed by atoms with Crippen LogP contribution in [0.2, 0.25) is 0 Å². The van der Waals surface area contributed by atoms with Crippen LogP contribution >= 0.6 is 12.4 Å². The Hall–Kier alpha value is -1.55. The molecule has 2 aromatic carbocycles. The van der Waals surface area contributed by atoms with Crippen LogP contribution in [-0.2, 0) is 13.2 Å². The van der Waals surface area contributed by atoms with Crippen molar-refractivity contribution in [2.24, 2.45) is 5.84 Å². The summed E-state index contributed by atoms with van der Waals surface area (Å²) in [6.07, 6.45) is 0. The van der Waals surface area contributed by atoms with Crippen LogP contribution < -0.4 is 16.0 Å². The fourth-order valence-electron chi connectivity index (χ4n) is 1.78. The van der Waals surface area contributed by atoms with Crippen LogP contribution in [0.3, 0.4) is 0 Å². The summed E-state index contributed by atoms with van der Waals surface area (Å²) in [6.45, 7) is 3.29. The van der Waals surface area contributed by atoms with Gasteiger partial charge in [0, 0.05) is 6.54 Å². The van der Waals surface area contributed by atoms with E-state index in [9.17, 15) is 0 Å². The molecule has 0 atom stereocenters. The second kappa shape index (κ2) is 7.79. The number of nitrogens with one attached hydrogen (secondary N) is 1. The number of aryl methyl sites for hydroxylation is 1. The molecule has 102 valence electrons. The van der Waals surface area contributed by atoms with E-state index < -0.39 is 0 Å². The highest BCUT2D eigenvalue weighted by Crippen LogP contribution is 2.18. The largest absolute Gasteiger partial charge is 0.489 e. The maximum absolute atomic E-state index is 5.77. The molecule has 0 heterocycles. The van der Waals surface area contributed by atoms with Gasteiger partial charge < -0.3 is 4.74 Å². The van der Waals surface area contributed by atoms with E-state index in [2.05, 4.69) is 24.5 Å². The van der Waals surface area contributed by atoms with E-state index in [1.807, 2.05) is 36.4 Å². The molecule has 0 unspecified atom stereocenters. The number of benzene rings is 2. The van der Waals surface area contributed by atoms with E-state index in [0.717, 1.165) is 16.9 Å². The van der Waals surface area contributed by atoms with Crippen LogP contribution in [0, 0.1) is 6.92 Å². The van der Waals surface area contributed by atoms with Crippen molar-refractivity contribution in [3.63, 3.8) is 0 Å². The number of nitrogens with two attached hydrogens (primary N) is 1. The molecule has 0 saturated heterocycles. The molecule has 3 nitrogen and oxygen atoms in total. The third-order valence-electron chi connectivity index (χ3n) is 2.86. The van der Waals surface area contributed by atoms with Gasteiger partial charge in [-0.1, -0.05) is 36.4 Å². The van der Waals surface area contributed by atoms with Gasteiger partial charge in [0.05, 0.1) is 0 Å². The number of hydrazine groups is 1. The summed E-state index contributed by atoms with van der Waals surface area (Å²) < 4.78 is 5.77. The van der Waals surface area contributed by atoms with Crippen molar-refractivity contribution in [3.8, 4) is 5.75 Å². The summed E-state index contributed by atoms with van der Waals surface area (Å²) in [5.74, 6) is 6.22. The van der Waals surface area contributed by atoms with E-state index in [1.54, 1.807) is 0 Å². The van der Waals surface area contributed by atoms with E-state index in [-0.39, 0.29) is 12.4 Å². The quantitative estimate of drug-likeness (QED) is 0.653. The van der Waals surface area contributed by atoms with Crippen LogP contribution in [-0.4, -0.2) is 0 Å². The number of hydrogen-bond donors (Lipinski definition) is 2. The van der Waals surface area contributed by atoms with Crippen molar-refractivity contribution in [2.75, 3.05) is 0 Å². The maximum Gasteiger partial charge on any atom is 0.120 e. The number of halogens is 1. The molecule has 0 spiro atoms. The number of ether oxygens (including phenoxy) is 1. The minimum atomic E-state index is 0. The summed E-state index contributed by atoms with van der Waals surface area (Å²) in [7, 11) is 0. The van der Waals surface area contributed by atoms with E-state index >= 15 is 0 Å². The Morgan fingerprint density at radius 1 is 1.11 bits per heavy atom. The summed E-state index contributed by atoms with van der Waals surface area (Å²) in [5.41, 5.74) is 6.20. The Morgan fingerprint density at radius 2 is 1.84 bits per heavy atom. The minimum absolute atomic E-state index is 0. The Kier molecular flexibility index (Phi) is 6.36. The Bertz CT molecular complexity index is 503. The number of hydrogen-bond acceptors (Lipinski definition) is 3. The second-order valence-corrected chi connectivity index (χ2v) is 4.24. The molecule has 0 fully saturated rings. The average Bonchev–Trinajstić information content (AvgIpc) is 2.41. The molecule has 0 aliphatic rings. The number of rotatable bonds is 5. The summed E-state index contributed by atoms with van der Waals surface area (Å²) in [4.78, 5) is 0. The third-order valence-corrected chi connectivity index (χ3v) is 2.86. The lowest BCUT2D eigenvalue weighted by atomic mass is 10.1. The molecule has 3 N–H and O–H groups in total. The van der Waals surface area contributed by atoms with Gasteiger partial charge in [-0.15, -0.1) is 12.4 Å². The van der Waals surface area contributed by atoms with Crippen LogP contribution in [0.5, 0.6) is 5.75 Å². The molecule has 0 bridgehead atoms. The molecule has 2 aromatic rings. The van der Waals surface area contributed by atoms with Gasteiger partial charge in [0.2, 0.25) is 0 Å². The molecular formula is C15H19ClN2O. The first-order valence-electron chi connectivity index (χ1n) is 5.99. The standard InChI is InChI=1S/C15H18N2O.ClH/c1-12-7-8-15(9-14(12)10-17-16)18-11-13-5-3-2-4-6-13;/h2-9,17H,10-11,16H2,1H3;1H. The van der Waals surface area contributed by atoms with Gasteiger partial charge in [0.25, 0.3) is 0 Å². The first-order chi connectivity index (χ1) is 8.79. The molecule has 0 saturated carbocycles. The monoisotopic (exact) mass is 278 g/mol. The molecule has 2 rings (SSSR count). The Labute approximate surface area is 120 Å². The summed E-state index contributed by atoms with van der Waals surface area (Å²) >= 11 is 0. The van der Waals surface area contributed by atoms with Gasteiger partial charge in [0.15, 0.2) is 0 Å². The van der Waals surface area contributed by atoms with Crippen molar-refractivity contribution in [3.05, 3.63) is 65.2 Å². The highest BCUT2D eigenvalue weighted by molar-refractivity contribution is 5.85. The molecule has 0 aliphatic carbocycles. The molecule has 4 heteroatoms. The van der Waals surface area contributed by atoms with Crippen molar-refractivity contribution in [1.29, 1.82) is 0 Å². The van der Waals surface area contributed by atoms with Crippen molar-refractivity contribution in [2.45, 2.75) is 20.1 Å². The van der Waals surface area contributed by atoms with Crippen LogP contribution in [0.15, 0.2) is 48.5 Å². The van der Waals surface area contributed by atoms with E-state index in [4.69, 9.17) is 10.6 Å². The van der Waals surface area contributed by atoms with Crippen LogP contribution in [0.25, 0.3) is 0 Å². The van der Waals surface area contributed by atoms with Gasteiger partial charge in [-0.05, 0) is 35.7 Å². The van der Waals surface area contributed by atoms with Gasteiger partial charge in [-0.25, -0.2) is 0 Å². The fraction of sp³-hybridized carbons (Fsp3) is 0.200. The molecule has 0 aliphatic heterocycles. The maximum atomic E-state index is 5.77. The average molecular weight is 279 g/mol. The molecule has 0 amide bonds. The first kappa shape index (κ1) is 15.5. The predicted octanol–water partition coefficient (Wildman–Crippen LogP) is 2.96. The van der Waals surface area contributed by atoms with Gasteiger partial charge >= 0.3 is 0 Å².